The zero-order chi connectivity index (χ0) is 24.7. The van der Waals surface area contributed by atoms with Crippen molar-refractivity contribution in [3.8, 4) is 11.4 Å². The lowest BCUT2D eigenvalue weighted by Crippen LogP contribution is -2.44. The van der Waals surface area contributed by atoms with Crippen molar-refractivity contribution in [2.24, 2.45) is 0 Å². The van der Waals surface area contributed by atoms with Crippen molar-refractivity contribution in [2.75, 3.05) is 82.8 Å². The van der Waals surface area contributed by atoms with Crippen LogP contribution in [0.15, 0.2) is 24.3 Å². The lowest BCUT2D eigenvalue weighted by molar-refractivity contribution is 0.0378. The molecule has 0 radical (unpaired) electrons. The summed E-state index contributed by atoms with van der Waals surface area (Å²) in [6.07, 6.45) is 7.23. The highest BCUT2D eigenvalue weighted by Crippen LogP contribution is 2.39. The Hall–Kier alpha value is -2.22. The van der Waals surface area contributed by atoms with Gasteiger partial charge in [-0.25, -0.2) is 9.97 Å². The van der Waals surface area contributed by atoms with Crippen LogP contribution in [-0.2, 0) is 11.2 Å². The number of aryl methyl sites for hydroxylation is 1. The number of morpholine rings is 1. The summed E-state index contributed by atoms with van der Waals surface area (Å²) in [5, 5.41) is 3.76. The summed E-state index contributed by atoms with van der Waals surface area (Å²) in [5.74, 6) is 2.53. The van der Waals surface area contributed by atoms with E-state index in [2.05, 4.69) is 58.3 Å². The Morgan fingerprint density at radius 1 is 0.944 bits per heavy atom. The molecule has 7 heteroatoms. The first-order chi connectivity index (χ1) is 17.7. The predicted molar refractivity (Wildman–Crippen MR) is 148 cm³/mol. The second-order valence-electron chi connectivity index (χ2n) is 10.7. The third-order valence-electron chi connectivity index (χ3n) is 8.16. The van der Waals surface area contributed by atoms with E-state index in [1.165, 1.54) is 42.6 Å². The smallest absolute Gasteiger partial charge is 0.161 e. The Morgan fingerprint density at radius 3 is 2.36 bits per heavy atom. The Kier molecular flexibility index (Phi) is 8.72. The molecule has 1 aliphatic carbocycles. The average Bonchev–Trinajstić information content (AvgIpc) is 3.46. The number of piperazine rings is 1. The van der Waals surface area contributed by atoms with Crippen LogP contribution < -0.4 is 10.2 Å². The summed E-state index contributed by atoms with van der Waals surface area (Å²) in [5.41, 5.74) is 5.02. The standard InChI is InChI=1S/C29H44N6O/c1-3-26-27(23-7-4-5-8-23)29(30-13-6-14-34-19-21-36-22-20-34)32-28(31-26)24-9-11-25(12-10-24)35-17-15-33(2)16-18-35/h9-12,23H,3-8,13-22H2,1-2H3,(H,30,31,32). The normalized spacial score (nSPS) is 20.2. The Labute approximate surface area is 217 Å². The molecule has 1 N–H and O–H groups in total. The minimum Gasteiger partial charge on any atom is -0.379 e. The first-order valence-corrected chi connectivity index (χ1v) is 14.2. The van der Waals surface area contributed by atoms with Crippen LogP contribution in [0.5, 0.6) is 0 Å². The van der Waals surface area contributed by atoms with E-state index in [4.69, 9.17) is 14.7 Å². The molecule has 0 amide bonds. The van der Waals surface area contributed by atoms with Crippen LogP contribution in [0.3, 0.4) is 0 Å². The molecule has 2 aromatic rings. The van der Waals surface area contributed by atoms with Gasteiger partial charge < -0.3 is 19.9 Å². The van der Waals surface area contributed by atoms with E-state index in [1.54, 1.807) is 0 Å². The molecule has 2 saturated heterocycles. The van der Waals surface area contributed by atoms with Crippen LogP contribution in [0.1, 0.15) is 56.2 Å². The van der Waals surface area contributed by atoms with E-state index in [-0.39, 0.29) is 0 Å². The van der Waals surface area contributed by atoms with E-state index in [0.29, 0.717) is 5.92 Å². The topological polar surface area (TPSA) is 56.8 Å². The maximum Gasteiger partial charge on any atom is 0.161 e. The summed E-state index contributed by atoms with van der Waals surface area (Å²) in [4.78, 5) is 17.7. The van der Waals surface area contributed by atoms with Crippen molar-refractivity contribution in [1.82, 2.24) is 19.8 Å². The van der Waals surface area contributed by atoms with Crippen molar-refractivity contribution in [3.05, 3.63) is 35.5 Å². The van der Waals surface area contributed by atoms with E-state index in [9.17, 15) is 0 Å². The number of nitrogens with one attached hydrogen (secondary N) is 1. The van der Waals surface area contributed by atoms with Gasteiger partial charge in [0.25, 0.3) is 0 Å². The highest BCUT2D eigenvalue weighted by Gasteiger charge is 2.25. The van der Waals surface area contributed by atoms with Crippen molar-refractivity contribution in [1.29, 1.82) is 0 Å². The largest absolute Gasteiger partial charge is 0.379 e. The van der Waals surface area contributed by atoms with Gasteiger partial charge >= 0.3 is 0 Å². The Balaban J connectivity index is 1.33. The number of hydrogen-bond acceptors (Lipinski definition) is 7. The minimum atomic E-state index is 0.593. The number of rotatable bonds is 9. The van der Waals surface area contributed by atoms with Crippen LogP contribution in [0.25, 0.3) is 11.4 Å². The van der Waals surface area contributed by atoms with Crippen molar-refractivity contribution in [2.45, 2.75) is 51.4 Å². The Morgan fingerprint density at radius 2 is 1.67 bits per heavy atom. The lowest BCUT2D eigenvalue weighted by Gasteiger charge is -2.34. The highest BCUT2D eigenvalue weighted by atomic mass is 16.5. The summed E-state index contributed by atoms with van der Waals surface area (Å²) in [6, 6.07) is 8.91. The lowest BCUT2D eigenvalue weighted by atomic mass is 9.94. The Bertz CT molecular complexity index is 960. The summed E-state index contributed by atoms with van der Waals surface area (Å²) < 4.78 is 5.50. The van der Waals surface area contributed by atoms with Crippen molar-refractivity contribution >= 4 is 11.5 Å². The average molecular weight is 493 g/mol. The molecule has 196 valence electrons. The minimum absolute atomic E-state index is 0.593. The second kappa shape index (κ2) is 12.3. The molecule has 0 atom stereocenters. The second-order valence-corrected chi connectivity index (χ2v) is 10.7. The number of benzene rings is 1. The zero-order valence-electron chi connectivity index (χ0n) is 22.3. The quantitative estimate of drug-likeness (QED) is 0.525. The molecule has 1 aromatic heterocycles. The number of likely N-dealkylation sites (N-methyl/N-ethyl adjacent to an activating group) is 1. The monoisotopic (exact) mass is 492 g/mol. The maximum atomic E-state index is 5.50. The number of nitrogens with zero attached hydrogens (tertiary/aromatic N) is 5. The van der Waals surface area contributed by atoms with Crippen LogP contribution >= 0.6 is 0 Å². The van der Waals surface area contributed by atoms with Gasteiger partial charge in [-0.05, 0) is 69.5 Å². The fourth-order valence-corrected chi connectivity index (χ4v) is 5.91. The van der Waals surface area contributed by atoms with Gasteiger partial charge in [0, 0.05) is 68.3 Å². The molecule has 5 rings (SSSR count). The van der Waals surface area contributed by atoms with Gasteiger partial charge in [-0.1, -0.05) is 19.8 Å². The van der Waals surface area contributed by atoms with Crippen molar-refractivity contribution in [3.63, 3.8) is 0 Å². The SMILES string of the molecule is CCc1nc(-c2ccc(N3CCN(C)CC3)cc2)nc(NCCCN2CCOCC2)c1C1CCCC1. The fourth-order valence-electron chi connectivity index (χ4n) is 5.91. The first-order valence-electron chi connectivity index (χ1n) is 14.2. The third-order valence-corrected chi connectivity index (χ3v) is 8.16. The molecule has 1 saturated carbocycles. The van der Waals surface area contributed by atoms with E-state index >= 15 is 0 Å². The van der Waals surface area contributed by atoms with Crippen molar-refractivity contribution < 1.29 is 4.74 Å². The molecule has 0 unspecified atom stereocenters. The fraction of sp³-hybridized carbons (Fsp3) is 0.655. The molecule has 1 aromatic carbocycles. The number of anilines is 2. The predicted octanol–water partition coefficient (Wildman–Crippen LogP) is 4.25. The van der Waals surface area contributed by atoms with Crippen LogP contribution in [-0.4, -0.2) is 92.4 Å². The third kappa shape index (κ3) is 6.18. The van der Waals surface area contributed by atoms with E-state index < -0.39 is 0 Å². The van der Waals surface area contributed by atoms with Crippen LogP contribution in [0, 0.1) is 0 Å². The molecule has 7 nitrogen and oxygen atoms in total. The number of aromatic nitrogens is 2. The number of hydrogen-bond donors (Lipinski definition) is 1. The first kappa shape index (κ1) is 25.4. The number of ether oxygens (including phenoxy) is 1. The van der Waals surface area contributed by atoms with Gasteiger partial charge in [0.1, 0.15) is 5.82 Å². The van der Waals surface area contributed by atoms with Gasteiger partial charge in [0.05, 0.1) is 13.2 Å². The molecule has 2 aliphatic heterocycles. The molecular formula is C29H44N6O. The molecule has 36 heavy (non-hydrogen) atoms. The molecular weight excluding hydrogens is 448 g/mol. The van der Waals surface area contributed by atoms with Crippen LogP contribution in [0.4, 0.5) is 11.5 Å². The molecule has 3 aliphatic rings. The molecule has 3 heterocycles. The van der Waals surface area contributed by atoms with E-state index in [0.717, 1.165) is 95.6 Å². The van der Waals surface area contributed by atoms with Gasteiger partial charge in [-0.3, -0.25) is 4.90 Å². The molecule has 0 bridgehead atoms. The van der Waals surface area contributed by atoms with Gasteiger partial charge in [-0.15, -0.1) is 0 Å². The summed E-state index contributed by atoms with van der Waals surface area (Å²) >= 11 is 0. The van der Waals surface area contributed by atoms with Crippen LogP contribution in [0.2, 0.25) is 0 Å². The molecule has 0 spiro atoms. The zero-order valence-corrected chi connectivity index (χ0v) is 22.3. The highest BCUT2D eigenvalue weighted by molar-refractivity contribution is 5.64. The summed E-state index contributed by atoms with van der Waals surface area (Å²) in [7, 11) is 2.20. The van der Waals surface area contributed by atoms with Gasteiger partial charge in [0.15, 0.2) is 5.82 Å². The summed E-state index contributed by atoms with van der Waals surface area (Å²) in [6.45, 7) is 12.5. The van der Waals surface area contributed by atoms with Gasteiger partial charge in [0.2, 0.25) is 0 Å². The van der Waals surface area contributed by atoms with E-state index in [1.807, 2.05) is 0 Å². The molecule has 3 fully saturated rings. The van der Waals surface area contributed by atoms with Gasteiger partial charge in [-0.2, -0.15) is 0 Å². The maximum absolute atomic E-state index is 5.50.